The minimum atomic E-state index is -0.623. The highest BCUT2D eigenvalue weighted by Crippen LogP contribution is 2.26. The molecular weight excluding hydrogens is 272 g/mol. The van der Waals surface area contributed by atoms with Gasteiger partial charge >= 0.3 is 0 Å². The zero-order chi connectivity index (χ0) is 14.5. The molecule has 1 N–H and O–H groups in total. The smallest absolute Gasteiger partial charge is 0.259 e. The van der Waals surface area contributed by atoms with E-state index in [-0.39, 0.29) is 5.91 Å². The number of carbonyl (C=O) groups excluding carboxylic acids is 1. The van der Waals surface area contributed by atoms with Crippen LogP contribution in [-0.2, 0) is 9.53 Å². The lowest BCUT2D eigenvalue weighted by Crippen LogP contribution is -2.22. The van der Waals surface area contributed by atoms with Crippen LogP contribution in [-0.4, -0.2) is 18.0 Å². The van der Waals surface area contributed by atoms with E-state index in [1.807, 2.05) is 30.3 Å². The molecule has 0 aliphatic carbocycles. The normalized spacial score (nSPS) is 12.4. The van der Waals surface area contributed by atoms with Crippen LogP contribution in [0.1, 0.15) is 36.3 Å². The number of rotatable bonds is 5. The van der Waals surface area contributed by atoms with Crippen LogP contribution in [0.3, 0.4) is 0 Å². The molecule has 2 rings (SSSR count). The summed E-state index contributed by atoms with van der Waals surface area (Å²) in [4.78, 5) is 17.6. The summed E-state index contributed by atoms with van der Waals surface area (Å²) >= 11 is 1.49. The number of hydrogen-bond donors (Lipinski definition) is 1. The number of methoxy groups -OCH3 is 1. The van der Waals surface area contributed by atoms with Gasteiger partial charge in [-0.1, -0.05) is 44.2 Å². The number of carbonyl (C=O) groups is 1. The third-order valence-electron chi connectivity index (χ3n) is 2.90. The molecular formula is C15H18N2O2S. The van der Waals surface area contributed by atoms with Crippen molar-refractivity contribution >= 4 is 22.4 Å². The largest absolute Gasteiger partial charge is 0.367 e. The quantitative estimate of drug-likeness (QED) is 0.915. The van der Waals surface area contributed by atoms with Gasteiger partial charge in [0.25, 0.3) is 5.91 Å². The van der Waals surface area contributed by atoms with E-state index in [0.29, 0.717) is 11.0 Å². The standard InChI is InChI=1S/C15H18N2O2S/c1-10(2)12-9-16-15(20-12)17-14(18)13(19-3)11-7-5-4-6-8-11/h4-10,13H,1-3H3,(H,16,17,18)/t13-/m0/s1. The first-order valence-corrected chi connectivity index (χ1v) is 7.27. The molecule has 0 saturated carbocycles. The van der Waals surface area contributed by atoms with Crippen LogP contribution in [0.5, 0.6) is 0 Å². The van der Waals surface area contributed by atoms with Gasteiger partial charge in [0, 0.05) is 18.2 Å². The lowest BCUT2D eigenvalue weighted by Gasteiger charge is -2.14. The minimum absolute atomic E-state index is 0.205. The molecule has 2 aromatic rings. The molecule has 1 aromatic heterocycles. The number of nitrogens with zero attached hydrogens (tertiary/aromatic N) is 1. The third-order valence-corrected chi connectivity index (χ3v) is 4.11. The number of hydrogen-bond acceptors (Lipinski definition) is 4. The average molecular weight is 290 g/mol. The van der Waals surface area contributed by atoms with Gasteiger partial charge in [-0.3, -0.25) is 10.1 Å². The molecule has 4 nitrogen and oxygen atoms in total. The van der Waals surface area contributed by atoms with Crippen LogP contribution in [0, 0.1) is 0 Å². The Kier molecular flexibility index (Phi) is 4.87. The van der Waals surface area contributed by atoms with Crippen LogP contribution >= 0.6 is 11.3 Å². The van der Waals surface area contributed by atoms with Crippen molar-refractivity contribution in [2.45, 2.75) is 25.9 Å². The minimum Gasteiger partial charge on any atom is -0.367 e. The molecule has 0 unspecified atom stereocenters. The van der Waals surface area contributed by atoms with E-state index in [9.17, 15) is 4.79 Å². The van der Waals surface area contributed by atoms with Gasteiger partial charge in [-0.25, -0.2) is 4.98 Å². The third kappa shape index (κ3) is 3.43. The molecule has 0 saturated heterocycles. The van der Waals surface area contributed by atoms with E-state index in [0.717, 1.165) is 10.4 Å². The predicted molar refractivity (Wildman–Crippen MR) is 81.0 cm³/mol. The molecule has 0 fully saturated rings. The van der Waals surface area contributed by atoms with Crippen LogP contribution in [0.2, 0.25) is 0 Å². The highest BCUT2D eigenvalue weighted by atomic mass is 32.1. The van der Waals surface area contributed by atoms with Crippen molar-refractivity contribution in [3.8, 4) is 0 Å². The van der Waals surface area contributed by atoms with Crippen molar-refractivity contribution in [3.63, 3.8) is 0 Å². The maximum Gasteiger partial charge on any atom is 0.259 e. The first-order valence-electron chi connectivity index (χ1n) is 6.46. The monoisotopic (exact) mass is 290 g/mol. The van der Waals surface area contributed by atoms with Gasteiger partial charge in [0.15, 0.2) is 11.2 Å². The molecule has 0 bridgehead atoms. The molecule has 106 valence electrons. The Hall–Kier alpha value is -1.72. The van der Waals surface area contributed by atoms with E-state index < -0.39 is 6.10 Å². The molecule has 1 amide bonds. The van der Waals surface area contributed by atoms with E-state index in [2.05, 4.69) is 24.1 Å². The summed E-state index contributed by atoms with van der Waals surface area (Å²) in [6.07, 6.45) is 1.18. The summed E-state index contributed by atoms with van der Waals surface area (Å²) in [5.74, 6) is 0.203. The summed E-state index contributed by atoms with van der Waals surface area (Å²) in [7, 11) is 1.53. The number of anilines is 1. The summed E-state index contributed by atoms with van der Waals surface area (Å²) in [5, 5.41) is 3.42. The molecule has 0 radical (unpaired) electrons. The Bertz CT molecular complexity index is 566. The number of aromatic nitrogens is 1. The second-order valence-corrected chi connectivity index (χ2v) is 5.80. The zero-order valence-electron chi connectivity index (χ0n) is 11.8. The Balaban J connectivity index is 2.09. The fraction of sp³-hybridized carbons (Fsp3) is 0.333. The van der Waals surface area contributed by atoms with Gasteiger partial charge in [0.05, 0.1) is 0 Å². The molecule has 1 aromatic carbocycles. The van der Waals surface area contributed by atoms with Gasteiger partial charge in [0.1, 0.15) is 0 Å². The van der Waals surface area contributed by atoms with Crippen LogP contribution in [0.15, 0.2) is 36.5 Å². The molecule has 0 spiro atoms. The van der Waals surface area contributed by atoms with Gasteiger partial charge in [-0.2, -0.15) is 0 Å². The molecule has 1 heterocycles. The number of amides is 1. The van der Waals surface area contributed by atoms with Crippen molar-refractivity contribution in [1.29, 1.82) is 0 Å². The van der Waals surface area contributed by atoms with Crippen molar-refractivity contribution < 1.29 is 9.53 Å². The summed E-state index contributed by atoms with van der Waals surface area (Å²) in [5.41, 5.74) is 0.827. The second-order valence-electron chi connectivity index (χ2n) is 4.74. The summed E-state index contributed by atoms with van der Waals surface area (Å²) in [6.45, 7) is 4.20. The summed E-state index contributed by atoms with van der Waals surface area (Å²) < 4.78 is 5.29. The van der Waals surface area contributed by atoms with Crippen LogP contribution in [0.4, 0.5) is 5.13 Å². The van der Waals surface area contributed by atoms with Gasteiger partial charge in [-0.05, 0) is 11.5 Å². The number of ether oxygens (including phenoxy) is 1. The predicted octanol–water partition coefficient (Wildman–Crippen LogP) is 3.59. The Morgan fingerprint density at radius 3 is 2.55 bits per heavy atom. The highest BCUT2D eigenvalue weighted by Gasteiger charge is 2.21. The van der Waals surface area contributed by atoms with Crippen molar-refractivity contribution in [2.75, 3.05) is 12.4 Å². The lowest BCUT2D eigenvalue weighted by molar-refractivity contribution is -0.126. The van der Waals surface area contributed by atoms with Gasteiger partial charge in [-0.15, -0.1) is 11.3 Å². The average Bonchev–Trinajstić information content (AvgIpc) is 2.89. The van der Waals surface area contributed by atoms with E-state index >= 15 is 0 Å². The van der Waals surface area contributed by atoms with Gasteiger partial charge in [0.2, 0.25) is 0 Å². The lowest BCUT2D eigenvalue weighted by atomic mass is 10.1. The fourth-order valence-corrected chi connectivity index (χ4v) is 2.63. The molecule has 1 atom stereocenters. The van der Waals surface area contributed by atoms with E-state index in [4.69, 9.17) is 4.74 Å². The first kappa shape index (κ1) is 14.7. The topological polar surface area (TPSA) is 51.2 Å². The Morgan fingerprint density at radius 2 is 2.00 bits per heavy atom. The number of benzene rings is 1. The van der Waals surface area contributed by atoms with Crippen molar-refractivity contribution in [2.24, 2.45) is 0 Å². The molecule has 0 aliphatic heterocycles. The SMILES string of the molecule is CO[C@H](C(=O)Nc1ncc(C(C)C)s1)c1ccccc1. The fourth-order valence-electron chi connectivity index (χ4n) is 1.80. The molecule has 0 aliphatic rings. The maximum atomic E-state index is 12.3. The van der Waals surface area contributed by atoms with Crippen LogP contribution < -0.4 is 5.32 Å². The second kappa shape index (κ2) is 6.63. The number of nitrogens with one attached hydrogen (secondary N) is 1. The zero-order valence-corrected chi connectivity index (χ0v) is 12.6. The molecule has 20 heavy (non-hydrogen) atoms. The Labute approximate surface area is 122 Å². The van der Waals surface area contributed by atoms with Gasteiger partial charge < -0.3 is 4.74 Å². The van der Waals surface area contributed by atoms with Crippen molar-refractivity contribution in [3.05, 3.63) is 47.0 Å². The van der Waals surface area contributed by atoms with Crippen LogP contribution in [0.25, 0.3) is 0 Å². The summed E-state index contributed by atoms with van der Waals surface area (Å²) in [6, 6.07) is 9.41. The highest BCUT2D eigenvalue weighted by molar-refractivity contribution is 7.15. The van der Waals surface area contributed by atoms with E-state index in [1.165, 1.54) is 18.4 Å². The maximum absolute atomic E-state index is 12.3. The van der Waals surface area contributed by atoms with Crippen molar-refractivity contribution in [1.82, 2.24) is 4.98 Å². The van der Waals surface area contributed by atoms with E-state index in [1.54, 1.807) is 6.20 Å². The Morgan fingerprint density at radius 1 is 1.30 bits per heavy atom. The first-order chi connectivity index (χ1) is 9.61. The number of thiazole rings is 1. The molecule has 5 heteroatoms.